The number of nitrogens with zero attached hydrogens (tertiary/aromatic N) is 3. The van der Waals surface area contributed by atoms with E-state index in [4.69, 9.17) is 0 Å². The Bertz CT molecular complexity index is 557. The molecule has 0 aromatic carbocycles. The number of likely N-dealkylation sites (tertiary alicyclic amines) is 2. The Morgan fingerprint density at radius 2 is 2.00 bits per heavy atom. The van der Waals surface area contributed by atoms with Crippen molar-refractivity contribution in [2.24, 2.45) is 0 Å². The molecule has 0 aliphatic carbocycles. The third-order valence-corrected chi connectivity index (χ3v) is 4.10. The summed E-state index contributed by atoms with van der Waals surface area (Å²) in [6, 6.07) is 5.77. The fourth-order valence-corrected chi connectivity index (χ4v) is 2.88. The summed E-state index contributed by atoms with van der Waals surface area (Å²) in [4.78, 5) is 42.4. The maximum Gasteiger partial charge on any atom is 0.242 e. The van der Waals surface area contributed by atoms with Crippen molar-refractivity contribution < 1.29 is 14.4 Å². The van der Waals surface area contributed by atoms with E-state index in [1.165, 1.54) is 0 Å². The molecule has 3 heterocycles. The summed E-state index contributed by atoms with van der Waals surface area (Å²) in [7, 11) is 0. The average Bonchev–Trinajstić information content (AvgIpc) is 3.11. The molecule has 1 atom stereocenters. The van der Waals surface area contributed by atoms with Gasteiger partial charge >= 0.3 is 0 Å². The zero-order valence-electron chi connectivity index (χ0n) is 11.7. The number of hydrogen-bond donors (Lipinski definition) is 0. The standard InChI is InChI=1S/C15H17N3O3/c19-13-4-5-14(20)18(13)10-15(21)17-8-6-11(9-17)12-3-1-2-7-16-12/h1-3,7,11H,4-6,8-10H2/t11-/m0/s1. The maximum absolute atomic E-state index is 12.2. The van der Waals surface area contributed by atoms with E-state index in [9.17, 15) is 14.4 Å². The Hall–Kier alpha value is -2.24. The predicted molar refractivity (Wildman–Crippen MR) is 74.1 cm³/mol. The first-order valence-corrected chi connectivity index (χ1v) is 7.17. The summed E-state index contributed by atoms with van der Waals surface area (Å²) in [5.74, 6) is -0.403. The van der Waals surface area contributed by atoms with E-state index in [2.05, 4.69) is 4.98 Å². The van der Waals surface area contributed by atoms with Crippen molar-refractivity contribution in [3.05, 3.63) is 30.1 Å². The minimum Gasteiger partial charge on any atom is -0.340 e. The second-order valence-electron chi connectivity index (χ2n) is 5.45. The largest absolute Gasteiger partial charge is 0.340 e. The minimum absolute atomic E-state index is 0.118. The van der Waals surface area contributed by atoms with E-state index in [1.54, 1.807) is 11.1 Å². The smallest absolute Gasteiger partial charge is 0.242 e. The lowest BCUT2D eigenvalue weighted by molar-refractivity contribution is -0.145. The summed E-state index contributed by atoms with van der Waals surface area (Å²) >= 11 is 0. The molecule has 2 aliphatic rings. The van der Waals surface area contributed by atoms with Gasteiger partial charge in [-0.05, 0) is 18.6 Å². The molecule has 2 saturated heterocycles. The van der Waals surface area contributed by atoms with Gasteiger partial charge in [0.1, 0.15) is 6.54 Å². The zero-order chi connectivity index (χ0) is 14.8. The number of amides is 3. The van der Waals surface area contributed by atoms with Crippen molar-refractivity contribution in [2.75, 3.05) is 19.6 Å². The maximum atomic E-state index is 12.2. The molecule has 0 bridgehead atoms. The monoisotopic (exact) mass is 287 g/mol. The fraction of sp³-hybridized carbons (Fsp3) is 0.467. The van der Waals surface area contributed by atoms with Crippen LogP contribution >= 0.6 is 0 Å². The van der Waals surface area contributed by atoms with Crippen LogP contribution in [0.25, 0.3) is 0 Å². The van der Waals surface area contributed by atoms with Crippen LogP contribution < -0.4 is 0 Å². The van der Waals surface area contributed by atoms with Gasteiger partial charge in [-0.2, -0.15) is 0 Å². The van der Waals surface area contributed by atoms with Gasteiger partial charge in [-0.1, -0.05) is 6.07 Å². The van der Waals surface area contributed by atoms with Crippen LogP contribution in [0.5, 0.6) is 0 Å². The van der Waals surface area contributed by atoms with Gasteiger partial charge in [-0.15, -0.1) is 0 Å². The summed E-state index contributed by atoms with van der Waals surface area (Å²) in [6.07, 6.45) is 3.07. The molecule has 0 N–H and O–H groups in total. The summed E-state index contributed by atoms with van der Waals surface area (Å²) < 4.78 is 0. The Balaban J connectivity index is 1.60. The molecule has 3 rings (SSSR count). The first-order valence-electron chi connectivity index (χ1n) is 7.17. The van der Waals surface area contributed by atoms with Crippen molar-refractivity contribution in [2.45, 2.75) is 25.2 Å². The van der Waals surface area contributed by atoms with Crippen molar-refractivity contribution in [3.63, 3.8) is 0 Å². The molecule has 6 nitrogen and oxygen atoms in total. The fourth-order valence-electron chi connectivity index (χ4n) is 2.88. The number of rotatable bonds is 3. The normalized spacial score (nSPS) is 22.2. The summed E-state index contributed by atoms with van der Waals surface area (Å²) in [5, 5.41) is 0. The van der Waals surface area contributed by atoms with E-state index in [1.807, 2.05) is 18.2 Å². The number of carbonyl (C=O) groups excluding carboxylic acids is 3. The lowest BCUT2D eigenvalue weighted by Crippen LogP contribution is -2.41. The highest BCUT2D eigenvalue weighted by atomic mass is 16.2. The second-order valence-corrected chi connectivity index (χ2v) is 5.45. The molecule has 0 spiro atoms. The molecule has 21 heavy (non-hydrogen) atoms. The Morgan fingerprint density at radius 3 is 2.67 bits per heavy atom. The Morgan fingerprint density at radius 1 is 1.24 bits per heavy atom. The lowest BCUT2D eigenvalue weighted by Gasteiger charge is -2.20. The van der Waals surface area contributed by atoms with Gasteiger partial charge < -0.3 is 4.90 Å². The van der Waals surface area contributed by atoms with Crippen LogP contribution in [0.2, 0.25) is 0 Å². The van der Waals surface area contributed by atoms with Gasteiger partial charge in [0.2, 0.25) is 17.7 Å². The summed E-state index contributed by atoms with van der Waals surface area (Å²) in [6.45, 7) is 1.13. The van der Waals surface area contributed by atoms with Crippen LogP contribution in [-0.4, -0.2) is 52.1 Å². The topological polar surface area (TPSA) is 70.6 Å². The Labute approximate surface area is 122 Å². The highest BCUT2D eigenvalue weighted by Crippen LogP contribution is 2.25. The van der Waals surface area contributed by atoms with E-state index in [0.29, 0.717) is 13.1 Å². The second kappa shape index (κ2) is 5.63. The van der Waals surface area contributed by atoms with E-state index >= 15 is 0 Å². The lowest BCUT2D eigenvalue weighted by atomic mass is 10.0. The molecule has 3 amide bonds. The highest BCUT2D eigenvalue weighted by molar-refractivity contribution is 6.04. The predicted octanol–water partition coefficient (Wildman–Crippen LogP) is 0.546. The van der Waals surface area contributed by atoms with E-state index in [0.717, 1.165) is 17.0 Å². The molecular weight excluding hydrogens is 270 g/mol. The molecule has 6 heteroatoms. The number of aromatic nitrogens is 1. The van der Waals surface area contributed by atoms with Gasteiger partial charge in [0, 0.05) is 43.7 Å². The van der Waals surface area contributed by atoms with Gasteiger partial charge in [-0.25, -0.2) is 0 Å². The van der Waals surface area contributed by atoms with Crippen molar-refractivity contribution >= 4 is 17.7 Å². The van der Waals surface area contributed by atoms with Crippen molar-refractivity contribution in [1.82, 2.24) is 14.8 Å². The Kier molecular flexibility index (Phi) is 3.68. The van der Waals surface area contributed by atoms with Crippen LogP contribution in [0.4, 0.5) is 0 Å². The van der Waals surface area contributed by atoms with Crippen LogP contribution in [0.1, 0.15) is 30.9 Å². The quantitative estimate of drug-likeness (QED) is 0.761. The van der Waals surface area contributed by atoms with Crippen LogP contribution in [0.3, 0.4) is 0 Å². The molecule has 110 valence electrons. The molecule has 2 aliphatic heterocycles. The zero-order valence-corrected chi connectivity index (χ0v) is 11.7. The molecule has 0 saturated carbocycles. The molecule has 1 aromatic heterocycles. The van der Waals surface area contributed by atoms with Crippen LogP contribution in [0, 0.1) is 0 Å². The van der Waals surface area contributed by atoms with Crippen LogP contribution in [0.15, 0.2) is 24.4 Å². The number of carbonyl (C=O) groups is 3. The summed E-state index contributed by atoms with van der Waals surface area (Å²) in [5.41, 5.74) is 0.987. The third kappa shape index (κ3) is 2.79. The van der Waals surface area contributed by atoms with Gasteiger partial charge in [0.25, 0.3) is 0 Å². The highest BCUT2D eigenvalue weighted by Gasteiger charge is 2.34. The van der Waals surface area contributed by atoms with Gasteiger partial charge in [0.05, 0.1) is 0 Å². The van der Waals surface area contributed by atoms with Crippen LogP contribution in [-0.2, 0) is 14.4 Å². The minimum atomic E-state index is -0.242. The van der Waals surface area contributed by atoms with Crippen molar-refractivity contribution in [3.8, 4) is 0 Å². The SMILES string of the molecule is O=C(CN1C(=O)CCC1=O)N1CC[C@H](c2ccccn2)C1. The number of pyridine rings is 1. The number of hydrogen-bond acceptors (Lipinski definition) is 4. The molecular formula is C15H17N3O3. The van der Waals surface area contributed by atoms with E-state index in [-0.39, 0.29) is 43.0 Å². The third-order valence-electron chi connectivity index (χ3n) is 4.10. The van der Waals surface area contributed by atoms with Gasteiger partial charge in [-0.3, -0.25) is 24.3 Å². The first kappa shape index (κ1) is 13.7. The molecule has 1 aromatic rings. The molecule has 0 radical (unpaired) electrons. The average molecular weight is 287 g/mol. The van der Waals surface area contributed by atoms with E-state index < -0.39 is 0 Å². The number of imide groups is 1. The van der Waals surface area contributed by atoms with Gasteiger partial charge in [0.15, 0.2) is 0 Å². The van der Waals surface area contributed by atoms with Crippen molar-refractivity contribution in [1.29, 1.82) is 0 Å². The molecule has 0 unspecified atom stereocenters. The first-order chi connectivity index (χ1) is 10.1. The molecule has 2 fully saturated rings.